The second kappa shape index (κ2) is 8.45. The van der Waals surface area contributed by atoms with E-state index >= 15 is 0 Å². The summed E-state index contributed by atoms with van der Waals surface area (Å²) in [5.41, 5.74) is 0.0574. The molecule has 1 aliphatic heterocycles. The zero-order valence-electron chi connectivity index (χ0n) is 16.2. The highest BCUT2D eigenvalue weighted by molar-refractivity contribution is 7.92. The molecule has 2 heterocycles. The van der Waals surface area contributed by atoms with Crippen LogP contribution in [0.15, 0.2) is 59.6 Å². The molecule has 0 saturated heterocycles. The Morgan fingerprint density at radius 1 is 1.25 bits per heavy atom. The first-order valence-corrected chi connectivity index (χ1v) is 11.0. The third-order valence-corrected chi connectivity index (χ3v) is 6.76. The van der Waals surface area contributed by atoms with Crippen LogP contribution < -0.4 is 14.4 Å². The number of benzene rings is 2. The maximum atomic E-state index is 14.1. The van der Waals surface area contributed by atoms with Gasteiger partial charge in [-0.3, -0.25) is 9.10 Å². The number of rotatable bonds is 4. The number of aromatic nitrogens is 1. The second-order valence-corrected chi connectivity index (χ2v) is 8.93. The fourth-order valence-electron chi connectivity index (χ4n) is 3.16. The van der Waals surface area contributed by atoms with Gasteiger partial charge in [0.05, 0.1) is 45.5 Å². The zero-order valence-corrected chi connectivity index (χ0v) is 17.8. The minimum absolute atomic E-state index is 0.00959. The number of hydrogen-bond donors (Lipinski definition) is 1. The number of carbonyl (C=O) groups is 1. The van der Waals surface area contributed by atoms with Crippen LogP contribution in [-0.4, -0.2) is 32.5 Å². The SMILES string of the molecule is N#Cc1cccc(S(=O)(=O)N2CCOc3ncc(NC(=O)c4c(F)cccc4Cl)cc32)c1. The summed E-state index contributed by atoms with van der Waals surface area (Å²) in [6.07, 6.45) is 1.26. The van der Waals surface area contributed by atoms with Crippen molar-refractivity contribution >= 4 is 38.9 Å². The molecular formula is C21H14ClFN4O4S. The van der Waals surface area contributed by atoms with E-state index in [9.17, 15) is 17.6 Å². The van der Waals surface area contributed by atoms with Gasteiger partial charge < -0.3 is 10.1 Å². The number of sulfonamides is 1. The molecule has 0 bridgehead atoms. The number of anilines is 2. The predicted octanol–water partition coefficient (Wildman–Crippen LogP) is 3.59. The molecule has 0 fully saturated rings. The van der Waals surface area contributed by atoms with Gasteiger partial charge in [0.1, 0.15) is 18.1 Å². The maximum Gasteiger partial charge on any atom is 0.264 e. The number of nitrogens with zero attached hydrogens (tertiary/aromatic N) is 3. The van der Waals surface area contributed by atoms with Crippen molar-refractivity contribution < 1.29 is 22.3 Å². The number of nitriles is 1. The summed E-state index contributed by atoms with van der Waals surface area (Å²) in [4.78, 5) is 16.5. The van der Waals surface area contributed by atoms with Gasteiger partial charge in [-0.15, -0.1) is 0 Å². The van der Waals surface area contributed by atoms with Crippen LogP contribution >= 0.6 is 11.6 Å². The molecule has 3 aromatic rings. The van der Waals surface area contributed by atoms with E-state index in [1.165, 1.54) is 48.7 Å². The number of carbonyl (C=O) groups excluding carboxylic acids is 1. The molecule has 1 amide bonds. The van der Waals surface area contributed by atoms with Gasteiger partial charge in [0.25, 0.3) is 15.9 Å². The highest BCUT2D eigenvalue weighted by Crippen LogP contribution is 2.36. The number of pyridine rings is 1. The van der Waals surface area contributed by atoms with Crippen molar-refractivity contribution in [3.8, 4) is 11.9 Å². The van der Waals surface area contributed by atoms with Gasteiger partial charge in [0.2, 0.25) is 5.88 Å². The lowest BCUT2D eigenvalue weighted by atomic mass is 10.2. The summed E-state index contributed by atoms with van der Waals surface area (Å²) in [5.74, 6) is -1.56. The standard InChI is InChI=1S/C21H14ClFN4O4S/c22-16-5-2-6-17(23)19(16)20(28)26-14-10-18-21(25-12-14)31-8-7-27(18)32(29,30)15-4-1-3-13(9-15)11-24/h1-6,9-10,12H,7-8H2,(H,26,28). The molecular weight excluding hydrogens is 459 g/mol. The monoisotopic (exact) mass is 472 g/mol. The van der Waals surface area contributed by atoms with E-state index in [0.29, 0.717) is 0 Å². The fraction of sp³-hybridized carbons (Fsp3) is 0.0952. The molecule has 0 unspecified atom stereocenters. The van der Waals surface area contributed by atoms with Crippen LogP contribution in [0.3, 0.4) is 0 Å². The number of fused-ring (bicyclic) bond motifs is 1. The molecule has 0 spiro atoms. The molecule has 32 heavy (non-hydrogen) atoms. The smallest absolute Gasteiger partial charge is 0.264 e. The first-order chi connectivity index (χ1) is 15.3. The minimum atomic E-state index is -4.05. The Morgan fingerprint density at radius 3 is 2.78 bits per heavy atom. The van der Waals surface area contributed by atoms with Crippen molar-refractivity contribution in [2.75, 3.05) is 22.8 Å². The number of hydrogen-bond acceptors (Lipinski definition) is 6. The van der Waals surface area contributed by atoms with Crippen molar-refractivity contribution in [3.63, 3.8) is 0 Å². The first-order valence-electron chi connectivity index (χ1n) is 9.22. The summed E-state index contributed by atoms with van der Waals surface area (Å²) in [6, 6.07) is 12.7. The Kier molecular flexibility index (Phi) is 5.69. The molecule has 0 aliphatic carbocycles. The van der Waals surface area contributed by atoms with E-state index in [0.717, 1.165) is 10.4 Å². The molecule has 162 valence electrons. The summed E-state index contributed by atoms with van der Waals surface area (Å²) >= 11 is 5.93. The second-order valence-electron chi connectivity index (χ2n) is 6.66. The van der Waals surface area contributed by atoms with Crippen LogP contribution in [0.5, 0.6) is 5.88 Å². The molecule has 0 saturated carbocycles. The van der Waals surface area contributed by atoms with Crippen LogP contribution in [0.25, 0.3) is 0 Å². The number of halogens is 2. The summed E-state index contributed by atoms with van der Waals surface area (Å²) in [6.45, 7) is 0.0536. The number of nitrogens with one attached hydrogen (secondary N) is 1. The van der Waals surface area contributed by atoms with Crippen LogP contribution in [0.1, 0.15) is 15.9 Å². The van der Waals surface area contributed by atoms with Gasteiger partial charge in [0, 0.05) is 0 Å². The van der Waals surface area contributed by atoms with Crippen molar-refractivity contribution in [2.45, 2.75) is 4.90 Å². The van der Waals surface area contributed by atoms with Crippen LogP contribution in [0, 0.1) is 17.1 Å². The summed E-state index contributed by atoms with van der Waals surface area (Å²) in [5, 5.41) is 11.5. The molecule has 0 radical (unpaired) electrons. The molecule has 1 aromatic heterocycles. The van der Waals surface area contributed by atoms with Crippen molar-refractivity contribution in [1.29, 1.82) is 5.26 Å². The highest BCUT2D eigenvalue weighted by Gasteiger charge is 2.31. The highest BCUT2D eigenvalue weighted by atomic mass is 35.5. The number of amides is 1. The van der Waals surface area contributed by atoms with E-state index in [4.69, 9.17) is 21.6 Å². The fourth-order valence-corrected chi connectivity index (χ4v) is 4.89. The first kappa shape index (κ1) is 21.5. The topological polar surface area (TPSA) is 112 Å². The normalized spacial score (nSPS) is 13.0. The van der Waals surface area contributed by atoms with Crippen molar-refractivity contribution in [1.82, 2.24) is 4.98 Å². The van der Waals surface area contributed by atoms with Crippen molar-refractivity contribution in [2.24, 2.45) is 0 Å². The maximum absolute atomic E-state index is 14.1. The van der Waals surface area contributed by atoms with E-state index in [-0.39, 0.29) is 51.5 Å². The van der Waals surface area contributed by atoms with E-state index in [2.05, 4.69) is 10.3 Å². The third kappa shape index (κ3) is 3.95. The van der Waals surface area contributed by atoms with Gasteiger partial charge in [0.15, 0.2) is 0 Å². The Bertz CT molecular complexity index is 1350. The lowest BCUT2D eigenvalue weighted by Gasteiger charge is -2.30. The van der Waals surface area contributed by atoms with Gasteiger partial charge in [-0.05, 0) is 36.4 Å². The average molecular weight is 473 g/mol. The van der Waals surface area contributed by atoms with Gasteiger partial charge in [-0.1, -0.05) is 23.7 Å². The molecule has 2 aromatic carbocycles. The lowest BCUT2D eigenvalue weighted by Crippen LogP contribution is -2.38. The molecule has 8 nitrogen and oxygen atoms in total. The van der Waals surface area contributed by atoms with E-state index in [1.54, 1.807) is 0 Å². The Labute approximate surface area is 187 Å². The van der Waals surface area contributed by atoms with Gasteiger partial charge in [-0.25, -0.2) is 17.8 Å². The lowest BCUT2D eigenvalue weighted by molar-refractivity contribution is 0.102. The summed E-state index contributed by atoms with van der Waals surface area (Å²) < 4.78 is 47.1. The molecule has 1 N–H and O–H groups in total. The Morgan fingerprint density at radius 2 is 2.03 bits per heavy atom. The van der Waals surface area contributed by atoms with E-state index in [1.807, 2.05) is 6.07 Å². The third-order valence-electron chi connectivity index (χ3n) is 4.63. The van der Waals surface area contributed by atoms with Crippen LogP contribution in [0.2, 0.25) is 5.02 Å². The van der Waals surface area contributed by atoms with Gasteiger partial charge in [-0.2, -0.15) is 5.26 Å². The molecule has 4 rings (SSSR count). The molecule has 11 heteroatoms. The average Bonchev–Trinajstić information content (AvgIpc) is 2.78. The predicted molar refractivity (Wildman–Crippen MR) is 115 cm³/mol. The summed E-state index contributed by atoms with van der Waals surface area (Å²) in [7, 11) is -4.05. The quantitative estimate of drug-likeness (QED) is 0.621. The van der Waals surface area contributed by atoms with Crippen molar-refractivity contribution in [3.05, 3.63) is 76.7 Å². The largest absolute Gasteiger partial charge is 0.474 e. The molecule has 1 aliphatic rings. The van der Waals surface area contributed by atoms with Gasteiger partial charge >= 0.3 is 0 Å². The Balaban J connectivity index is 1.70. The Hall–Kier alpha value is -3.68. The number of ether oxygens (including phenoxy) is 1. The van der Waals surface area contributed by atoms with Crippen LogP contribution in [0.4, 0.5) is 15.8 Å². The minimum Gasteiger partial charge on any atom is -0.474 e. The van der Waals surface area contributed by atoms with E-state index < -0.39 is 21.7 Å². The van der Waals surface area contributed by atoms with Crippen LogP contribution in [-0.2, 0) is 10.0 Å². The molecule has 0 atom stereocenters. The zero-order chi connectivity index (χ0) is 22.9.